The molecule has 17 rings (SSSR count). The van der Waals surface area contributed by atoms with Crippen LogP contribution in [0.5, 0.6) is 0 Å². The first-order chi connectivity index (χ1) is 47.5. The molecule has 0 aliphatic heterocycles. The normalized spacial score (nSPS) is 15.0. The molecule has 2 aliphatic carbocycles. The van der Waals surface area contributed by atoms with Gasteiger partial charge in [0.1, 0.15) is 11.2 Å². The highest BCUT2D eigenvalue weighted by molar-refractivity contribution is 9.11. The molecular formula is C90H59Br3O4. The van der Waals surface area contributed by atoms with Crippen molar-refractivity contribution < 1.29 is 19.8 Å². The van der Waals surface area contributed by atoms with E-state index >= 15 is 0 Å². The van der Waals surface area contributed by atoms with E-state index in [4.69, 9.17) is 0 Å². The lowest BCUT2D eigenvalue weighted by molar-refractivity contribution is 0.0753. The van der Waals surface area contributed by atoms with Gasteiger partial charge < -0.3 is 10.2 Å². The third-order valence-corrected chi connectivity index (χ3v) is 20.2. The maximum Gasteiger partial charge on any atom is 0.194 e. The molecule has 464 valence electrons. The summed E-state index contributed by atoms with van der Waals surface area (Å²) in [6.45, 7) is 0. The van der Waals surface area contributed by atoms with Crippen molar-refractivity contribution in [2.24, 2.45) is 0 Å². The fraction of sp³-hybridized carbons (Fsp3) is 0.0222. The summed E-state index contributed by atoms with van der Waals surface area (Å²) < 4.78 is 2.70. The lowest BCUT2D eigenvalue weighted by Gasteiger charge is -2.46. The molecule has 97 heavy (non-hydrogen) atoms. The third-order valence-electron chi connectivity index (χ3n) is 18.7. The number of ketones is 2. The summed E-state index contributed by atoms with van der Waals surface area (Å²) >= 11 is 10.8. The van der Waals surface area contributed by atoms with Crippen LogP contribution in [0.25, 0.3) is 88.3 Å². The molecule has 2 aliphatic rings. The molecule has 0 amide bonds. The van der Waals surface area contributed by atoms with Crippen molar-refractivity contribution >= 4 is 80.9 Å². The molecule has 0 fully saturated rings. The van der Waals surface area contributed by atoms with Crippen molar-refractivity contribution in [3.05, 3.63) is 415 Å². The van der Waals surface area contributed by atoms with Crippen LogP contribution in [0.4, 0.5) is 0 Å². The van der Waals surface area contributed by atoms with E-state index in [1.807, 2.05) is 115 Å². The minimum atomic E-state index is -1.53. The molecule has 0 saturated heterocycles. The predicted octanol–water partition coefficient (Wildman–Crippen LogP) is 23.3. The van der Waals surface area contributed by atoms with Crippen LogP contribution in [0.1, 0.15) is 65.2 Å². The lowest BCUT2D eigenvalue weighted by atomic mass is 9.62. The molecule has 2 unspecified atom stereocenters. The summed E-state index contributed by atoms with van der Waals surface area (Å²) in [5.41, 5.74) is 16.9. The first-order valence-corrected chi connectivity index (χ1v) is 34.4. The van der Waals surface area contributed by atoms with Crippen LogP contribution < -0.4 is 0 Å². The zero-order chi connectivity index (χ0) is 66.2. The van der Waals surface area contributed by atoms with E-state index in [0.717, 1.165) is 46.8 Å². The van der Waals surface area contributed by atoms with Crippen molar-refractivity contribution in [2.45, 2.75) is 11.2 Å². The van der Waals surface area contributed by atoms with E-state index in [0.29, 0.717) is 44.5 Å². The quantitative estimate of drug-likeness (QED) is 0.149. The molecule has 2 atom stereocenters. The van der Waals surface area contributed by atoms with E-state index < -0.39 is 11.2 Å². The maximum atomic E-state index is 13.1. The molecule has 0 aromatic heterocycles. The van der Waals surface area contributed by atoms with Gasteiger partial charge in [-0.1, -0.05) is 351 Å². The zero-order valence-corrected chi connectivity index (χ0v) is 57.0. The predicted molar refractivity (Wildman–Crippen MR) is 407 cm³/mol. The maximum absolute atomic E-state index is 13.1. The van der Waals surface area contributed by atoms with Crippen LogP contribution in [0.3, 0.4) is 0 Å². The number of hydrogen-bond acceptors (Lipinski definition) is 4. The lowest BCUT2D eigenvalue weighted by Crippen LogP contribution is -2.44. The summed E-state index contributed by atoms with van der Waals surface area (Å²) in [5.74, 6) is -0.167. The van der Waals surface area contributed by atoms with Crippen molar-refractivity contribution in [3.63, 3.8) is 0 Å². The fourth-order valence-electron chi connectivity index (χ4n) is 14.4. The second-order valence-electron chi connectivity index (χ2n) is 24.2. The van der Waals surface area contributed by atoms with Crippen molar-refractivity contribution in [1.29, 1.82) is 0 Å². The average molecular weight is 1440 g/mol. The number of halogens is 3. The Morgan fingerprint density at radius 1 is 0.206 bits per heavy atom. The topological polar surface area (TPSA) is 74.6 Å². The minimum Gasteiger partial charge on any atom is -0.376 e. The van der Waals surface area contributed by atoms with Gasteiger partial charge in [-0.3, -0.25) is 9.59 Å². The number of rotatable bonds is 8. The first-order valence-electron chi connectivity index (χ1n) is 32.1. The Kier molecular flexibility index (Phi) is 17.2. The summed E-state index contributed by atoms with van der Waals surface area (Å²) in [6, 6.07) is 117. The van der Waals surface area contributed by atoms with E-state index in [-0.39, 0.29) is 11.6 Å². The van der Waals surface area contributed by atoms with Crippen molar-refractivity contribution in [2.75, 3.05) is 0 Å². The highest BCUT2D eigenvalue weighted by Gasteiger charge is 2.52. The molecule has 0 saturated carbocycles. The average Bonchev–Trinajstić information content (AvgIpc) is 0.550. The van der Waals surface area contributed by atoms with Crippen molar-refractivity contribution in [1.82, 2.24) is 0 Å². The molecule has 4 nitrogen and oxygen atoms in total. The molecule has 0 heterocycles. The van der Waals surface area contributed by atoms with E-state index in [9.17, 15) is 19.8 Å². The highest BCUT2D eigenvalue weighted by atomic mass is 79.9. The van der Waals surface area contributed by atoms with E-state index in [2.05, 4.69) is 236 Å². The van der Waals surface area contributed by atoms with E-state index in [1.165, 1.54) is 66.1 Å². The van der Waals surface area contributed by atoms with Gasteiger partial charge in [0.05, 0.1) is 0 Å². The van der Waals surface area contributed by atoms with Crippen LogP contribution in [-0.4, -0.2) is 21.8 Å². The van der Waals surface area contributed by atoms with Gasteiger partial charge in [-0.2, -0.15) is 0 Å². The molecule has 7 heteroatoms. The Hall–Kier alpha value is -10.5. The van der Waals surface area contributed by atoms with Crippen LogP contribution >= 0.6 is 47.8 Å². The standard InChI is InChI=1S/C38H27BrO2.C38H25Br.C14H7BrO2/c39-28-23-24-35-36(25-28)38(41,32-20-10-8-18-30(32)27-15-5-2-6-16-27)34-22-12-11-21-33(34)37(35,40)31-19-9-7-17-29(31)26-13-3-1-4-14-26;39-28-23-24-35-36(25-28)38(32-20-10-8-18-30(32)27-15-5-2-6-16-27)34-22-12-11-21-33(34)37(35)31-19-9-7-17-29(31)26-13-3-1-4-14-26;15-8-5-6-11-12(7-8)14(17)10-4-2-1-3-9(10)13(11)16/h1-25,40-41H;1-25H;1-7H. The van der Waals surface area contributed by atoms with Gasteiger partial charge in [-0.25, -0.2) is 0 Å². The smallest absolute Gasteiger partial charge is 0.194 e. The van der Waals surface area contributed by atoms with Gasteiger partial charge >= 0.3 is 0 Å². The van der Waals surface area contributed by atoms with Crippen LogP contribution in [-0.2, 0) is 11.2 Å². The molecular weight excluding hydrogens is 1380 g/mol. The molecule has 2 N–H and O–H groups in total. The Balaban J connectivity index is 0.000000129. The second kappa shape index (κ2) is 26.6. The van der Waals surface area contributed by atoms with Crippen LogP contribution in [0, 0.1) is 0 Å². The molecule has 0 bridgehead atoms. The summed E-state index contributed by atoms with van der Waals surface area (Å²) in [4.78, 5) is 24.4. The SMILES string of the molecule is Brc1ccc2c(-c3ccccc3-c3ccccc3)c3ccccc3c(-c3ccccc3-c3ccccc3)c2c1.O=C1c2ccccc2C(=O)c2cc(Br)ccc21.OC1(c2ccccc2-c2ccccc2)c2ccccc2C(O)(c2ccccc2-c2ccccc2)c2cc(Br)ccc21. The molecule has 0 spiro atoms. The van der Waals surface area contributed by atoms with Gasteiger partial charge in [0.2, 0.25) is 0 Å². The Bertz CT molecular complexity index is 5520. The Morgan fingerprint density at radius 3 is 0.969 bits per heavy atom. The molecule has 0 radical (unpaired) electrons. The monoisotopic (exact) mass is 1440 g/mol. The van der Waals surface area contributed by atoms with Gasteiger partial charge in [-0.05, 0) is 147 Å². The Morgan fingerprint density at radius 2 is 0.495 bits per heavy atom. The zero-order valence-electron chi connectivity index (χ0n) is 52.3. The van der Waals surface area contributed by atoms with Gasteiger partial charge in [-0.15, -0.1) is 0 Å². The van der Waals surface area contributed by atoms with Gasteiger partial charge in [0.25, 0.3) is 0 Å². The second-order valence-corrected chi connectivity index (χ2v) is 26.9. The number of aliphatic hydroxyl groups is 2. The number of benzene rings is 15. The largest absolute Gasteiger partial charge is 0.376 e. The first kappa shape index (κ1) is 62.6. The summed E-state index contributed by atoms with van der Waals surface area (Å²) in [6.07, 6.45) is 0. The van der Waals surface area contributed by atoms with Crippen molar-refractivity contribution in [3.8, 4) is 66.8 Å². The number of hydrogen-bond donors (Lipinski definition) is 2. The Labute approximate surface area is 588 Å². The summed E-state index contributed by atoms with van der Waals surface area (Å²) in [7, 11) is 0. The minimum absolute atomic E-state index is 0.0808. The van der Waals surface area contributed by atoms with Crippen LogP contribution in [0.2, 0.25) is 0 Å². The number of carbonyl (C=O) groups is 2. The molecule has 15 aromatic rings. The number of carbonyl (C=O) groups excluding carboxylic acids is 2. The van der Waals surface area contributed by atoms with E-state index in [1.54, 1.807) is 42.5 Å². The third kappa shape index (κ3) is 11.3. The highest BCUT2D eigenvalue weighted by Crippen LogP contribution is 2.56. The van der Waals surface area contributed by atoms with Gasteiger partial charge in [0.15, 0.2) is 11.6 Å². The van der Waals surface area contributed by atoms with Gasteiger partial charge in [0, 0.05) is 52.4 Å². The summed E-state index contributed by atoms with van der Waals surface area (Å²) in [5, 5.41) is 31.3. The number of fused-ring (bicyclic) bond motifs is 6. The van der Waals surface area contributed by atoms with Crippen LogP contribution in [0.15, 0.2) is 359 Å². The molecule has 15 aromatic carbocycles. The fourth-order valence-corrected chi connectivity index (χ4v) is 15.5.